The van der Waals surface area contributed by atoms with Crippen molar-refractivity contribution < 1.29 is 18.0 Å². The van der Waals surface area contributed by atoms with Gasteiger partial charge in [0.15, 0.2) is 0 Å². The second kappa shape index (κ2) is 5.92. The van der Waals surface area contributed by atoms with Crippen LogP contribution in [0.25, 0.3) is 10.6 Å². The third kappa shape index (κ3) is 3.21. The average molecular weight is 341 g/mol. The van der Waals surface area contributed by atoms with Crippen LogP contribution in [0.3, 0.4) is 0 Å². The van der Waals surface area contributed by atoms with Crippen LogP contribution in [0.4, 0.5) is 13.2 Å². The molecule has 0 saturated heterocycles. The van der Waals surface area contributed by atoms with E-state index in [1.54, 1.807) is 29.9 Å². The molecule has 2 heterocycles. The maximum Gasteiger partial charge on any atom is 0.471 e. The monoisotopic (exact) mass is 341 g/mol. The van der Waals surface area contributed by atoms with Gasteiger partial charge in [-0.05, 0) is 25.0 Å². The molecule has 0 spiro atoms. The molecular formula is C15H14F3N3OS. The standard InChI is InChI=1S/C15H14F3N3OS/c16-15(17,18)13(22)21-14(5-1-2-6-14)11-9-23-12(20-11)10-3-7-19-8-4-10/h3-4,7-9H,1-2,5-6H2,(H,21,22). The maximum absolute atomic E-state index is 12.6. The molecule has 0 aliphatic heterocycles. The third-order valence-corrected chi connectivity index (χ3v) is 4.88. The summed E-state index contributed by atoms with van der Waals surface area (Å²) in [6.07, 6.45) is 0.836. The van der Waals surface area contributed by atoms with Crippen molar-refractivity contribution in [2.24, 2.45) is 0 Å². The minimum Gasteiger partial charge on any atom is -0.337 e. The number of hydrogen-bond donors (Lipinski definition) is 1. The van der Waals surface area contributed by atoms with E-state index in [0.717, 1.165) is 18.4 Å². The van der Waals surface area contributed by atoms with E-state index in [0.29, 0.717) is 23.5 Å². The summed E-state index contributed by atoms with van der Waals surface area (Å²) in [5.74, 6) is -1.90. The Morgan fingerprint density at radius 1 is 1.22 bits per heavy atom. The molecule has 0 aromatic carbocycles. The highest BCUT2D eigenvalue weighted by molar-refractivity contribution is 7.13. The molecule has 2 aromatic heterocycles. The molecule has 8 heteroatoms. The first-order valence-electron chi connectivity index (χ1n) is 7.16. The van der Waals surface area contributed by atoms with E-state index < -0.39 is 17.6 Å². The van der Waals surface area contributed by atoms with Gasteiger partial charge in [0.2, 0.25) is 0 Å². The molecule has 23 heavy (non-hydrogen) atoms. The Hall–Kier alpha value is -1.96. The Kier molecular flexibility index (Phi) is 4.09. The number of amides is 1. The summed E-state index contributed by atoms with van der Waals surface area (Å²) >= 11 is 1.35. The SMILES string of the molecule is O=C(NC1(c2csc(-c3ccncc3)n2)CCCC1)C(F)(F)F. The van der Waals surface area contributed by atoms with Crippen LogP contribution in [0.5, 0.6) is 0 Å². The van der Waals surface area contributed by atoms with Crippen LogP contribution in [0.2, 0.25) is 0 Å². The number of hydrogen-bond acceptors (Lipinski definition) is 4. The molecule has 1 N–H and O–H groups in total. The molecule has 1 fully saturated rings. The summed E-state index contributed by atoms with van der Waals surface area (Å²) in [5.41, 5.74) is 0.338. The Morgan fingerprint density at radius 2 is 1.87 bits per heavy atom. The number of halogens is 3. The molecule has 1 aliphatic rings. The Bertz CT molecular complexity index is 693. The summed E-state index contributed by atoms with van der Waals surface area (Å²) in [7, 11) is 0. The number of thiazole rings is 1. The molecule has 0 unspecified atom stereocenters. The van der Waals surface area contributed by atoms with Crippen molar-refractivity contribution in [3.63, 3.8) is 0 Å². The number of nitrogens with zero attached hydrogens (tertiary/aromatic N) is 2. The summed E-state index contributed by atoms with van der Waals surface area (Å²) in [5, 5.41) is 4.62. The van der Waals surface area contributed by atoms with E-state index in [2.05, 4.69) is 15.3 Å². The highest BCUT2D eigenvalue weighted by Crippen LogP contribution is 2.41. The predicted octanol–water partition coefficient (Wildman–Crippen LogP) is 3.65. The minimum atomic E-state index is -4.89. The molecule has 1 saturated carbocycles. The van der Waals surface area contributed by atoms with Crippen LogP contribution in [-0.2, 0) is 10.3 Å². The van der Waals surface area contributed by atoms with Crippen molar-refractivity contribution in [3.05, 3.63) is 35.6 Å². The van der Waals surface area contributed by atoms with Crippen LogP contribution in [0, 0.1) is 0 Å². The van der Waals surface area contributed by atoms with Gasteiger partial charge in [0, 0.05) is 23.3 Å². The van der Waals surface area contributed by atoms with E-state index in [4.69, 9.17) is 0 Å². The smallest absolute Gasteiger partial charge is 0.337 e. The molecule has 0 radical (unpaired) electrons. The molecule has 4 nitrogen and oxygen atoms in total. The minimum absolute atomic E-state index is 0.467. The molecule has 3 rings (SSSR count). The van der Waals surface area contributed by atoms with Gasteiger partial charge in [-0.25, -0.2) is 4.98 Å². The summed E-state index contributed by atoms with van der Waals surface area (Å²) in [6.45, 7) is 0. The number of rotatable bonds is 3. The molecule has 2 aromatic rings. The number of carbonyl (C=O) groups excluding carboxylic acids is 1. The van der Waals surface area contributed by atoms with Crippen LogP contribution in [0.1, 0.15) is 31.4 Å². The lowest BCUT2D eigenvalue weighted by Crippen LogP contribution is -2.49. The van der Waals surface area contributed by atoms with Crippen LogP contribution < -0.4 is 5.32 Å². The highest BCUT2D eigenvalue weighted by atomic mass is 32.1. The van der Waals surface area contributed by atoms with Crippen LogP contribution >= 0.6 is 11.3 Å². The molecule has 1 amide bonds. The van der Waals surface area contributed by atoms with E-state index in [1.807, 2.05) is 0 Å². The zero-order valence-corrected chi connectivity index (χ0v) is 12.9. The third-order valence-electron chi connectivity index (χ3n) is 3.99. The normalized spacial score (nSPS) is 17.2. The second-order valence-corrected chi connectivity index (χ2v) is 6.37. The molecular weight excluding hydrogens is 327 g/mol. The van der Waals surface area contributed by atoms with Gasteiger partial charge >= 0.3 is 12.1 Å². The molecule has 0 bridgehead atoms. The van der Waals surface area contributed by atoms with Gasteiger partial charge in [0.25, 0.3) is 0 Å². The van der Waals surface area contributed by atoms with E-state index in [1.165, 1.54) is 11.3 Å². The van der Waals surface area contributed by atoms with E-state index in [9.17, 15) is 18.0 Å². The molecule has 0 atom stereocenters. The van der Waals surface area contributed by atoms with E-state index in [-0.39, 0.29) is 0 Å². The number of aromatic nitrogens is 2. The number of nitrogens with one attached hydrogen (secondary N) is 1. The summed E-state index contributed by atoms with van der Waals surface area (Å²) in [4.78, 5) is 19.8. The fourth-order valence-electron chi connectivity index (χ4n) is 2.83. The van der Waals surface area contributed by atoms with Gasteiger partial charge in [-0.3, -0.25) is 9.78 Å². The second-order valence-electron chi connectivity index (χ2n) is 5.51. The Labute approximate surface area is 134 Å². The summed E-state index contributed by atoms with van der Waals surface area (Å²) in [6, 6.07) is 3.58. The quantitative estimate of drug-likeness (QED) is 0.927. The molecule has 1 aliphatic carbocycles. The number of pyridine rings is 1. The first kappa shape index (κ1) is 15.9. The van der Waals surface area contributed by atoms with Gasteiger partial charge in [0.1, 0.15) is 5.01 Å². The van der Waals surface area contributed by atoms with Crippen molar-refractivity contribution in [1.82, 2.24) is 15.3 Å². The Balaban J connectivity index is 1.90. The van der Waals surface area contributed by atoms with Crippen molar-refractivity contribution in [2.45, 2.75) is 37.4 Å². The molecule has 122 valence electrons. The average Bonchev–Trinajstić information content (AvgIpc) is 3.17. The Morgan fingerprint density at radius 3 is 2.48 bits per heavy atom. The lowest BCUT2D eigenvalue weighted by atomic mass is 9.94. The van der Waals surface area contributed by atoms with Gasteiger partial charge in [-0.15, -0.1) is 11.3 Å². The first-order valence-corrected chi connectivity index (χ1v) is 8.04. The van der Waals surface area contributed by atoms with Crippen molar-refractivity contribution in [1.29, 1.82) is 0 Å². The van der Waals surface area contributed by atoms with Crippen LogP contribution in [-0.4, -0.2) is 22.1 Å². The lowest BCUT2D eigenvalue weighted by Gasteiger charge is -2.29. The highest BCUT2D eigenvalue weighted by Gasteiger charge is 2.46. The predicted molar refractivity (Wildman–Crippen MR) is 79.7 cm³/mol. The zero-order chi connectivity index (χ0) is 16.5. The van der Waals surface area contributed by atoms with Gasteiger partial charge in [-0.2, -0.15) is 13.2 Å². The van der Waals surface area contributed by atoms with Crippen molar-refractivity contribution in [2.75, 3.05) is 0 Å². The topological polar surface area (TPSA) is 54.9 Å². The summed E-state index contributed by atoms with van der Waals surface area (Å²) < 4.78 is 37.9. The van der Waals surface area contributed by atoms with Crippen molar-refractivity contribution >= 4 is 17.2 Å². The van der Waals surface area contributed by atoms with E-state index >= 15 is 0 Å². The number of alkyl halides is 3. The lowest BCUT2D eigenvalue weighted by molar-refractivity contribution is -0.176. The fourth-order valence-corrected chi connectivity index (χ4v) is 3.76. The first-order chi connectivity index (χ1) is 10.9. The van der Waals surface area contributed by atoms with Gasteiger partial charge in [-0.1, -0.05) is 12.8 Å². The zero-order valence-electron chi connectivity index (χ0n) is 12.1. The van der Waals surface area contributed by atoms with Gasteiger partial charge < -0.3 is 5.32 Å². The maximum atomic E-state index is 12.6. The van der Waals surface area contributed by atoms with Crippen molar-refractivity contribution in [3.8, 4) is 10.6 Å². The largest absolute Gasteiger partial charge is 0.471 e. The van der Waals surface area contributed by atoms with Gasteiger partial charge in [0.05, 0.1) is 11.2 Å². The fraction of sp³-hybridized carbons (Fsp3) is 0.400. The van der Waals surface area contributed by atoms with Crippen LogP contribution in [0.15, 0.2) is 29.9 Å². The number of carbonyl (C=O) groups is 1.